The topological polar surface area (TPSA) is 102 Å². The molecular formula is C22H21ClN4O4. The smallest absolute Gasteiger partial charge is 0.270 e. The summed E-state index contributed by atoms with van der Waals surface area (Å²) in [5.74, 6) is 0.374. The van der Waals surface area contributed by atoms with Gasteiger partial charge >= 0.3 is 0 Å². The van der Waals surface area contributed by atoms with Crippen molar-refractivity contribution in [2.24, 2.45) is 0 Å². The van der Waals surface area contributed by atoms with Crippen LogP contribution >= 0.6 is 11.6 Å². The third-order valence-electron chi connectivity index (χ3n) is 5.47. The van der Waals surface area contributed by atoms with Gasteiger partial charge < -0.3 is 9.42 Å². The number of benzene rings is 2. The molecule has 1 amide bonds. The van der Waals surface area contributed by atoms with Crippen LogP contribution in [0.15, 0.2) is 53.1 Å². The molecule has 0 aliphatic heterocycles. The molecule has 1 aromatic heterocycles. The molecule has 0 saturated heterocycles. The number of carbonyl (C=O) groups is 1. The number of non-ortho nitro benzene ring substituents is 1. The van der Waals surface area contributed by atoms with Crippen molar-refractivity contribution in [2.75, 3.05) is 0 Å². The summed E-state index contributed by atoms with van der Waals surface area (Å²) < 4.78 is 5.42. The SMILES string of the molecule is O=C(c1cc([N+](=O)[O-])ccc1Cl)N(Cc1nc(-c2ccccc2)no1)C1CCCCC1. The van der Waals surface area contributed by atoms with Gasteiger partial charge in [0, 0.05) is 23.7 Å². The lowest BCUT2D eigenvalue weighted by Gasteiger charge is -2.33. The molecule has 3 aromatic rings. The Kier molecular flexibility index (Phi) is 6.27. The highest BCUT2D eigenvalue weighted by Crippen LogP contribution is 2.29. The second kappa shape index (κ2) is 9.26. The Morgan fingerprint density at radius 3 is 2.61 bits per heavy atom. The Bertz CT molecular complexity index is 1080. The Morgan fingerprint density at radius 1 is 1.16 bits per heavy atom. The largest absolute Gasteiger partial charge is 0.337 e. The van der Waals surface area contributed by atoms with Crippen molar-refractivity contribution >= 4 is 23.2 Å². The van der Waals surface area contributed by atoms with E-state index in [0.717, 1.165) is 37.7 Å². The molecule has 8 nitrogen and oxygen atoms in total. The first kappa shape index (κ1) is 21.0. The van der Waals surface area contributed by atoms with E-state index in [0.29, 0.717) is 11.7 Å². The number of hydrogen-bond acceptors (Lipinski definition) is 6. The van der Waals surface area contributed by atoms with Crippen molar-refractivity contribution in [2.45, 2.75) is 44.7 Å². The first-order valence-electron chi connectivity index (χ1n) is 10.2. The predicted octanol–water partition coefficient (Wildman–Crippen LogP) is 5.27. The number of nitro benzene ring substituents is 1. The fraction of sp³-hybridized carbons (Fsp3) is 0.318. The average molecular weight is 441 g/mol. The monoisotopic (exact) mass is 440 g/mol. The van der Waals surface area contributed by atoms with Crippen LogP contribution in [0.4, 0.5) is 5.69 Å². The fourth-order valence-corrected chi connectivity index (χ4v) is 4.07. The molecule has 4 rings (SSSR count). The summed E-state index contributed by atoms with van der Waals surface area (Å²) >= 11 is 6.24. The Hall–Kier alpha value is -3.26. The number of rotatable bonds is 6. The zero-order chi connectivity index (χ0) is 21.8. The van der Waals surface area contributed by atoms with Crippen molar-refractivity contribution in [1.82, 2.24) is 15.0 Å². The van der Waals surface area contributed by atoms with Crippen molar-refractivity contribution in [3.05, 3.63) is 75.1 Å². The zero-order valence-electron chi connectivity index (χ0n) is 16.7. The Morgan fingerprint density at radius 2 is 1.90 bits per heavy atom. The van der Waals surface area contributed by atoms with E-state index in [1.165, 1.54) is 18.2 Å². The third-order valence-corrected chi connectivity index (χ3v) is 5.80. The summed E-state index contributed by atoms with van der Waals surface area (Å²) in [4.78, 5) is 30.2. The maximum Gasteiger partial charge on any atom is 0.270 e. The number of nitro groups is 1. The van der Waals surface area contributed by atoms with Gasteiger partial charge in [0.2, 0.25) is 11.7 Å². The fourth-order valence-electron chi connectivity index (χ4n) is 3.87. The van der Waals surface area contributed by atoms with E-state index < -0.39 is 4.92 Å². The maximum absolute atomic E-state index is 13.4. The normalized spacial score (nSPS) is 14.4. The molecule has 1 aliphatic rings. The van der Waals surface area contributed by atoms with Crippen LogP contribution in [0.1, 0.15) is 48.4 Å². The number of halogens is 1. The number of carbonyl (C=O) groups excluding carboxylic acids is 1. The van der Waals surface area contributed by atoms with Crippen LogP contribution in [0.2, 0.25) is 5.02 Å². The first-order chi connectivity index (χ1) is 15.0. The highest BCUT2D eigenvalue weighted by atomic mass is 35.5. The second-order valence-corrected chi connectivity index (χ2v) is 7.93. The minimum absolute atomic E-state index is 0.0244. The van der Waals surface area contributed by atoms with E-state index in [2.05, 4.69) is 10.1 Å². The van der Waals surface area contributed by atoms with Gasteiger partial charge in [-0.25, -0.2) is 0 Å². The summed E-state index contributed by atoms with van der Waals surface area (Å²) in [7, 11) is 0. The van der Waals surface area contributed by atoms with Crippen LogP contribution in [0.25, 0.3) is 11.4 Å². The summed E-state index contributed by atoms with van der Waals surface area (Å²) in [5, 5.41) is 15.4. The van der Waals surface area contributed by atoms with Crippen molar-refractivity contribution in [1.29, 1.82) is 0 Å². The van der Waals surface area contributed by atoms with Gasteiger partial charge in [-0.15, -0.1) is 0 Å². The van der Waals surface area contributed by atoms with Gasteiger partial charge in [-0.1, -0.05) is 66.4 Å². The van der Waals surface area contributed by atoms with Gasteiger partial charge in [-0.2, -0.15) is 4.98 Å². The Balaban J connectivity index is 1.64. The van der Waals surface area contributed by atoms with Crippen LogP contribution in [0.3, 0.4) is 0 Å². The lowest BCUT2D eigenvalue weighted by atomic mass is 9.93. The van der Waals surface area contributed by atoms with Gasteiger partial charge in [-0.05, 0) is 18.9 Å². The number of aromatic nitrogens is 2. The summed E-state index contributed by atoms with van der Waals surface area (Å²) in [6, 6.07) is 13.3. The molecule has 0 spiro atoms. The molecule has 1 aliphatic carbocycles. The van der Waals surface area contributed by atoms with Crippen LogP contribution in [0.5, 0.6) is 0 Å². The molecule has 31 heavy (non-hydrogen) atoms. The standard InChI is InChI=1S/C22H21ClN4O4/c23-19-12-11-17(27(29)30)13-18(19)22(28)26(16-9-5-2-6-10-16)14-20-24-21(25-31-20)15-7-3-1-4-8-15/h1,3-4,7-8,11-13,16H,2,5-6,9-10,14H2. The molecule has 0 unspecified atom stereocenters. The summed E-state index contributed by atoms with van der Waals surface area (Å²) in [6.07, 6.45) is 4.83. The van der Waals surface area contributed by atoms with E-state index in [1.807, 2.05) is 30.3 Å². The number of nitrogens with zero attached hydrogens (tertiary/aromatic N) is 4. The summed E-state index contributed by atoms with van der Waals surface area (Å²) in [5.41, 5.74) is 0.736. The van der Waals surface area contributed by atoms with Gasteiger partial charge in [0.05, 0.1) is 15.5 Å². The molecular weight excluding hydrogens is 420 g/mol. The first-order valence-corrected chi connectivity index (χ1v) is 10.5. The number of hydrogen-bond donors (Lipinski definition) is 0. The van der Waals surface area contributed by atoms with Crippen LogP contribution in [0, 0.1) is 10.1 Å². The van der Waals surface area contributed by atoms with E-state index >= 15 is 0 Å². The minimum atomic E-state index is -0.539. The van der Waals surface area contributed by atoms with Crippen LogP contribution in [-0.4, -0.2) is 31.9 Å². The lowest BCUT2D eigenvalue weighted by molar-refractivity contribution is -0.384. The van der Waals surface area contributed by atoms with E-state index in [-0.39, 0.29) is 34.8 Å². The molecule has 0 N–H and O–H groups in total. The van der Waals surface area contributed by atoms with E-state index in [4.69, 9.17) is 16.1 Å². The molecule has 0 bridgehead atoms. The van der Waals surface area contributed by atoms with Crippen LogP contribution in [-0.2, 0) is 6.54 Å². The van der Waals surface area contributed by atoms with Gasteiger partial charge in [-0.3, -0.25) is 14.9 Å². The third kappa shape index (κ3) is 4.74. The molecule has 1 fully saturated rings. The van der Waals surface area contributed by atoms with Gasteiger partial charge in [0.15, 0.2) is 0 Å². The van der Waals surface area contributed by atoms with Gasteiger partial charge in [0.25, 0.3) is 11.6 Å². The lowest BCUT2D eigenvalue weighted by Crippen LogP contribution is -2.41. The molecule has 160 valence electrons. The minimum Gasteiger partial charge on any atom is -0.337 e. The molecule has 1 saturated carbocycles. The highest BCUT2D eigenvalue weighted by molar-refractivity contribution is 6.33. The summed E-state index contributed by atoms with van der Waals surface area (Å²) in [6.45, 7) is 0.113. The molecule has 2 aromatic carbocycles. The second-order valence-electron chi connectivity index (χ2n) is 7.52. The Labute approximate surface area is 184 Å². The van der Waals surface area contributed by atoms with Crippen molar-refractivity contribution in [3.8, 4) is 11.4 Å². The van der Waals surface area contributed by atoms with Crippen LogP contribution < -0.4 is 0 Å². The zero-order valence-corrected chi connectivity index (χ0v) is 17.5. The average Bonchev–Trinajstić information content (AvgIpc) is 3.27. The molecule has 9 heteroatoms. The number of amides is 1. The highest BCUT2D eigenvalue weighted by Gasteiger charge is 2.30. The molecule has 1 heterocycles. The van der Waals surface area contributed by atoms with Gasteiger partial charge in [0.1, 0.15) is 6.54 Å². The van der Waals surface area contributed by atoms with E-state index in [1.54, 1.807) is 4.90 Å². The van der Waals surface area contributed by atoms with E-state index in [9.17, 15) is 14.9 Å². The maximum atomic E-state index is 13.4. The molecule has 0 atom stereocenters. The molecule has 0 radical (unpaired) electrons. The predicted molar refractivity (Wildman–Crippen MR) is 115 cm³/mol. The van der Waals surface area contributed by atoms with Crippen molar-refractivity contribution in [3.63, 3.8) is 0 Å². The van der Waals surface area contributed by atoms with Crippen molar-refractivity contribution < 1.29 is 14.2 Å². The quantitative estimate of drug-likeness (QED) is 0.382.